The van der Waals surface area contributed by atoms with Crippen LogP contribution in [0, 0.1) is 39.5 Å². The maximum absolute atomic E-state index is 13.3. The summed E-state index contributed by atoms with van der Waals surface area (Å²) in [4.78, 5) is 103. The smallest absolute Gasteiger partial charge is 0.415 e. The second-order valence-corrected chi connectivity index (χ2v) is 27.7. The minimum absolute atomic E-state index is 0.0165. The van der Waals surface area contributed by atoms with Crippen LogP contribution in [0.15, 0.2) is 146 Å². The van der Waals surface area contributed by atoms with Crippen LogP contribution in [0.2, 0.25) is 0 Å². The maximum atomic E-state index is 13.3. The first-order valence-electron chi connectivity index (χ1n) is 36.1. The van der Waals surface area contributed by atoms with E-state index in [0.717, 1.165) is 25.7 Å². The maximum Gasteiger partial charge on any atom is 0.415 e. The number of amides is 4. The van der Waals surface area contributed by atoms with Crippen LogP contribution in [0.5, 0.6) is 74.7 Å². The van der Waals surface area contributed by atoms with Gasteiger partial charge in [-0.3, -0.25) is 33.6 Å². The molecule has 0 saturated carbocycles. The topological polar surface area (TPSA) is 376 Å². The lowest BCUT2D eigenvalue weighted by Gasteiger charge is -2.43. The van der Waals surface area contributed by atoms with Crippen molar-refractivity contribution >= 4 is 49.0 Å². The number of aldehydes is 4. The van der Waals surface area contributed by atoms with Crippen molar-refractivity contribution < 1.29 is 112 Å². The van der Waals surface area contributed by atoms with Crippen molar-refractivity contribution in [2.75, 3.05) is 85.5 Å². The van der Waals surface area contributed by atoms with Crippen LogP contribution in [0.1, 0.15) is 134 Å². The molecule has 12 rings (SSSR count). The Morgan fingerprint density at radius 3 is 1.37 bits per heavy atom. The van der Waals surface area contributed by atoms with Crippen LogP contribution >= 0.6 is 0 Å². The SMILES string of the molecule is Cc1c(O)cccc1OC[C@@H]1CCCN(C(=O)Oc2cccc(O)c2C=O)C1.Cc1c(O)cccc1OC[C@@H]1CCCN(C(=O)c2ccc(O)c(C=O)c2)C1.Cc1c(O)cccc1OC[C@@H]1COC(C)(C)CN1C(=O)c1cccc(O)c1C=O.Cc1c(O)cccc1OC[C@H]1CN(C(=O)c2cccc(O)c2C=O)CCO1. The molecule has 0 bridgehead atoms. The van der Waals surface area contributed by atoms with E-state index in [1.54, 1.807) is 114 Å². The van der Waals surface area contributed by atoms with Gasteiger partial charge < -0.3 is 93.6 Å². The van der Waals surface area contributed by atoms with Gasteiger partial charge >= 0.3 is 6.09 Å². The average Bonchev–Trinajstić information content (AvgIpc) is 0.806. The van der Waals surface area contributed by atoms with Crippen LogP contribution < -0.4 is 23.7 Å². The van der Waals surface area contributed by atoms with Gasteiger partial charge in [-0.2, -0.15) is 0 Å². The van der Waals surface area contributed by atoms with E-state index in [1.165, 1.54) is 72.8 Å². The number of nitrogens with zero attached hydrogens (tertiary/aromatic N) is 4. The Morgan fingerprint density at radius 2 is 0.874 bits per heavy atom. The van der Waals surface area contributed by atoms with E-state index in [2.05, 4.69) is 0 Å². The normalized spacial score (nSPS) is 17.1. The number of carbonyl (C=O) groups excluding carboxylic acids is 8. The second-order valence-electron chi connectivity index (χ2n) is 27.7. The molecule has 4 aliphatic heterocycles. The fourth-order valence-corrected chi connectivity index (χ4v) is 12.9. The minimum Gasteiger partial charge on any atom is -0.508 e. The van der Waals surface area contributed by atoms with E-state index in [1.807, 2.05) is 19.9 Å². The Morgan fingerprint density at radius 1 is 0.450 bits per heavy atom. The molecule has 4 fully saturated rings. The summed E-state index contributed by atoms with van der Waals surface area (Å²) in [5, 5.41) is 78.1. The first-order chi connectivity index (χ1) is 53.2. The van der Waals surface area contributed by atoms with Gasteiger partial charge in [0, 0.05) is 78.9 Å². The minimum atomic E-state index is -0.564. The molecule has 0 unspecified atom stereocenters. The Balaban J connectivity index is 0.000000170. The summed E-state index contributed by atoms with van der Waals surface area (Å²) < 4.78 is 40.2. The van der Waals surface area contributed by atoms with Gasteiger partial charge in [0.05, 0.1) is 78.0 Å². The first-order valence-corrected chi connectivity index (χ1v) is 36.1. The lowest BCUT2D eigenvalue weighted by atomic mass is 9.98. The molecule has 0 spiro atoms. The van der Waals surface area contributed by atoms with Crippen molar-refractivity contribution in [1.82, 2.24) is 19.6 Å². The van der Waals surface area contributed by atoms with E-state index >= 15 is 0 Å². The summed E-state index contributed by atoms with van der Waals surface area (Å²) in [5.74, 6) is 1.67. The van der Waals surface area contributed by atoms with Crippen molar-refractivity contribution in [3.63, 3.8) is 0 Å². The molecule has 8 N–H and O–H groups in total. The monoisotopic (exact) mass is 1520 g/mol. The number of rotatable bonds is 20. The zero-order chi connectivity index (χ0) is 80.1. The number of benzene rings is 8. The molecule has 4 aliphatic rings. The zero-order valence-corrected chi connectivity index (χ0v) is 62.5. The molecule has 0 radical (unpaired) electrons. The van der Waals surface area contributed by atoms with Crippen LogP contribution in [0.4, 0.5) is 4.79 Å². The number of hydrogen-bond acceptors (Lipinski definition) is 23. The quantitative estimate of drug-likeness (QED) is 0.0329. The third-order valence-corrected chi connectivity index (χ3v) is 19.4. The van der Waals surface area contributed by atoms with E-state index in [4.69, 9.17) is 33.2 Å². The van der Waals surface area contributed by atoms with Crippen molar-refractivity contribution in [3.8, 4) is 74.7 Å². The Labute approximate surface area is 641 Å². The summed E-state index contributed by atoms with van der Waals surface area (Å²) in [7, 11) is 0. The van der Waals surface area contributed by atoms with E-state index in [0.29, 0.717) is 142 Å². The molecule has 4 amide bonds. The van der Waals surface area contributed by atoms with Gasteiger partial charge in [-0.25, -0.2) is 4.79 Å². The highest BCUT2D eigenvalue weighted by atomic mass is 16.6. The standard InChI is InChI=1S/C22H25NO6.C21H23NO6.C21H23NO5.C20H21NO6/c1-14-18(25)7-5-9-20(14)28-11-15-12-29-22(2,3)13-23(15)21(27)16-6-4-8-19(26)17(16)10-24;1-14-17(24)6-2-8-19(14)27-13-15-5-4-10-22(11-15)21(26)28-20-9-3-7-18(25)16(20)12-23;1-14-18(24)5-2-6-20(14)27-13-15-4-3-9-22(11-15)21(26)16-7-8-19(25)17(10-16)12-23;1-13-17(23)5-3-7-19(13)27-12-14-10-21(8-9-26-14)20(25)15-4-2-6-18(24)16(15)11-22/h4-10,15,25-26H,11-13H2,1-3H3;2-3,6-9,12,15,24-25H,4-5,10-11,13H2,1H3;2,5-8,10,12,15,24-25H,3-4,9,11,13H2,1H3;2-7,11,14,23-24H,8-10,12H2,1H3/t3*15-;14-/m1111/s1. The molecular formula is C84H92N4O23. The van der Waals surface area contributed by atoms with E-state index < -0.39 is 17.7 Å². The molecule has 4 heterocycles. The van der Waals surface area contributed by atoms with Gasteiger partial charge in [0.25, 0.3) is 17.7 Å². The van der Waals surface area contributed by atoms with E-state index in [9.17, 15) is 79.2 Å². The number of phenols is 8. The number of aromatic hydroxyl groups is 8. The largest absolute Gasteiger partial charge is 0.508 e. The molecule has 27 nitrogen and oxygen atoms in total. The van der Waals surface area contributed by atoms with Crippen molar-refractivity contribution in [2.45, 2.75) is 85.0 Å². The van der Waals surface area contributed by atoms with Gasteiger partial charge in [-0.1, -0.05) is 42.5 Å². The van der Waals surface area contributed by atoms with Crippen molar-refractivity contribution in [1.29, 1.82) is 0 Å². The summed E-state index contributed by atoms with van der Waals surface area (Å²) in [5.41, 5.74) is 2.76. The predicted molar refractivity (Wildman–Crippen MR) is 407 cm³/mol. The van der Waals surface area contributed by atoms with Crippen LogP contribution in [-0.4, -0.2) is 213 Å². The number of piperidine rings is 2. The van der Waals surface area contributed by atoms with Gasteiger partial charge in [0.2, 0.25) is 0 Å². The Kier molecular flexibility index (Phi) is 28.8. The van der Waals surface area contributed by atoms with Crippen LogP contribution in [0.25, 0.3) is 0 Å². The molecule has 4 atom stereocenters. The van der Waals surface area contributed by atoms with E-state index in [-0.39, 0.29) is 141 Å². The van der Waals surface area contributed by atoms with Crippen LogP contribution in [0.3, 0.4) is 0 Å². The number of likely N-dealkylation sites (tertiary alicyclic amines) is 2. The lowest BCUT2D eigenvalue weighted by Crippen LogP contribution is -2.58. The molecule has 27 heteroatoms. The highest BCUT2D eigenvalue weighted by molar-refractivity contribution is 6.04. The van der Waals surface area contributed by atoms with Gasteiger partial charge in [0.15, 0.2) is 25.1 Å². The number of phenolic OH excluding ortho intramolecular Hbond substituents is 8. The van der Waals surface area contributed by atoms with Gasteiger partial charge in [0.1, 0.15) is 94.1 Å². The molecule has 586 valence electrons. The zero-order valence-electron chi connectivity index (χ0n) is 62.5. The number of hydrogen-bond donors (Lipinski definition) is 8. The summed E-state index contributed by atoms with van der Waals surface area (Å²) in [6.07, 6.45) is 4.60. The first kappa shape index (κ1) is 82.7. The molecule has 111 heavy (non-hydrogen) atoms. The van der Waals surface area contributed by atoms with Crippen LogP contribution in [-0.2, 0) is 9.47 Å². The highest BCUT2D eigenvalue weighted by Gasteiger charge is 2.39. The summed E-state index contributed by atoms with van der Waals surface area (Å²) in [6, 6.07) is 37.4. The number of carbonyl (C=O) groups is 8. The predicted octanol–water partition coefficient (Wildman–Crippen LogP) is 11.7. The summed E-state index contributed by atoms with van der Waals surface area (Å²) in [6.45, 7) is 15.9. The lowest BCUT2D eigenvalue weighted by molar-refractivity contribution is -0.108. The average molecular weight is 1530 g/mol. The van der Waals surface area contributed by atoms with Crippen molar-refractivity contribution in [2.24, 2.45) is 11.8 Å². The Bertz CT molecular complexity index is 4640. The Hall–Kier alpha value is -12.4. The number of ether oxygens (including phenoxy) is 7. The molecule has 0 aliphatic carbocycles. The van der Waals surface area contributed by atoms with Gasteiger partial charge in [-0.15, -0.1) is 0 Å². The van der Waals surface area contributed by atoms with Gasteiger partial charge in [-0.05, 0) is 170 Å². The highest BCUT2D eigenvalue weighted by Crippen LogP contribution is 2.35. The molecular weight excluding hydrogens is 1430 g/mol. The fourth-order valence-electron chi connectivity index (χ4n) is 12.9. The molecule has 8 aromatic carbocycles. The molecule has 0 aromatic heterocycles. The fraction of sp³-hybridized carbons (Fsp3) is 0.333. The number of morpholine rings is 2. The molecule has 8 aromatic rings. The third-order valence-electron chi connectivity index (χ3n) is 19.4. The third kappa shape index (κ3) is 21.5. The molecule has 4 saturated heterocycles. The van der Waals surface area contributed by atoms with Crippen molar-refractivity contribution in [3.05, 3.63) is 207 Å². The second kappa shape index (κ2) is 38.6. The summed E-state index contributed by atoms with van der Waals surface area (Å²) >= 11 is 0.